The molecule has 0 unspecified atom stereocenters. The third-order valence-corrected chi connectivity index (χ3v) is 3.50. The standard InChI is InChI=1S/C14H27N3O4S/c1-7(2)5-10(16-12(18)9(15)6-22)13(19)17-11(8(3)4)14(20)21/h7-11,22H,5-6,15H2,1-4H3,(H,16,18)(H,17,19)(H,20,21)/t9-,10-,11-/m0/s1. The van der Waals surface area contributed by atoms with Crippen LogP contribution < -0.4 is 16.4 Å². The monoisotopic (exact) mass is 333 g/mol. The van der Waals surface area contributed by atoms with Crippen LogP contribution in [-0.4, -0.2) is 46.8 Å². The van der Waals surface area contributed by atoms with Crippen molar-refractivity contribution >= 4 is 30.4 Å². The van der Waals surface area contributed by atoms with Gasteiger partial charge in [0, 0.05) is 5.75 Å². The Morgan fingerprint density at radius 3 is 2.00 bits per heavy atom. The number of carbonyl (C=O) groups is 3. The second-order valence-electron chi connectivity index (χ2n) is 6.05. The number of hydrogen-bond donors (Lipinski definition) is 5. The summed E-state index contributed by atoms with van der Waals surface area (Å²) in [7, 11) is 0. The molecule has 0 heterocycles. The number of nitrogens with one attached hydrogen (secondary N) is 2. The molecule has 0 bridgehead atoms. The maximum atomic E-state index is 12.3. The molecule has 128 valence electrons. The SMILES string of the molecule is CC(C)C[C@H](NC(=O)[C@@H](N)CS)C(=O)N[C@H](C(=O)O)C(C)C. The topological polar surface area (TPSA) is 122 Å². The first-order valence-electron chi connectivity index (χ1n) is 7.30. The van der Waals surface area contributed by atoms with Gasteiger partial charge in [-0.2, -0.15) is 12.6 Å². The summed E-state index contributed by atoms with van der Waals surface area (Å²) in [6.45, 7) is 7.21. The van der Waals surface area contributed by atoms with Crippen molar-refractivity contribution in [1.82, 2.24) is 10.6 Å². The largest absolute Gasteiger partial charge is 0.480 e. The molecule has 0 aromatic carbocycles. The minimum Gasteiger partial charge on any atom is -0.480 e. The molecule has 0 aliphatic rings. The molecule has 0 saturated carbocycles. The minimum atomic E-state index is -1.11. The molecule has 0 aromatic rings. The predicted molar refractivity (Wildman–Crippen MR) is 87.6 cm³/mol. The highest BCUT2D eigenvalue weighted by atomic mass is 32.1. The van der Waals surface area contributed by atoms with Gasteiger partial charge in [0.1, 0.15) is 12.1 Å². The van der Waals surface area contributed by atoms with E-state index in [1.807, 2.05) is 13.8 Å². The summed E-state index contributed by atoms with van der Waals surface area (Å²) < 4.78 is 0. The molecule has 5 N–H and O–H groups in total. The van der Waals surface area contributed by atoms with Crippen molar-refractivity contribution in [2.24, 2.45) is 17.6 Å². The average Bonchev–Trinajstić information content (AvgIpc) is 2.41. The Morgan fingerprint density at radius 2 is 1.64 bits per heavy atom. The maximum absolute atomic E-state index is 12.3. The molecule has 0 aliphatic heterocycles. The van der Waals surface area contributed by atoms with Gasteiger partial charge in [-0.15, -0.1) is 0 Å². The first-order valence-corrected chi connectivity index (χ1v) is 7.93. The van der Waals surface area contributed by atoms with E-state index in [0.717, 1.165) is 0 Å². The molecule has 0 saturated heterocycles. The van der Waals surface area contributed by atoms with Crippen LogP contribution in [0.2, 0.25) is 0 Å². The van der Waals surface area contributed by atoms with Gasteiger partial charge in [0.15, 0.2) is 0 Å². The van der Waals surface area contributed by atoms with Gasteiger partial charge in [-0.3, -0.25) is 9.59 Å². The number of hydrogen-bond acceptors (Lipinski definition) is 5. The van der Waals surface area contributed by atoms with Gasteiger partial charge >= 0.3 is 5.97 Å². The summed E-state index contributed by atoms with van der Waals surface area (Å²) in [4.78, 5) is 35.3. The molecular weight excluding hydrogens is 306 g/mol. The zero-order valence-corrected chi connectivity index (χ0v) is 14.4. The Balaban J connectivity index is 4.98. The summed E-state index contributed by atoms with van der Waals surface area (Å²) >= 11 is 3.94. The molecule has 2 amide bonds. The van der Waals surface area contributed by atoms with E-state index in [4.69, 9.17) is 10.8 Å². The molecule has 0 rings (SSSR count). The summed E-state index contributed by atoms with van der Waals surface area (Å²) in [5.41, 5.74) is 5.58. The molecule has 0 spiro atoms. The molecule has 0 fully saturated rings. The number of amides is 2. The van der Waals surface area contributed by atoms with Gasteiger partial charge in [-0.05, 0) is 18.3 Å². The fourth-order valence-electron chi connectivity index (χ4n) is 1.83. The first-order chi connectivity index (χ1) is 10.1. The van der Waals surface area contributed by atoms with Gasteiger partial charge in [0.05, 0.1) is 6.04 Å². The molecule has 7 nitrogen and oxygen atoms in total. The predicted octanol–water partition coefficient (Wildman–Crippen LogP) is -0.000200. The highest BCUT2D eigenvalue weighted by molar-refractivity contribution is 7.80. The van der Waals surface area contributed by atoms with Gasteiger partial charge in [0.25, 0.3) is 0 Å². The molecule has 3 atom stereocenters. The minimum absolute atomic E-state index is 0.144. The highest BCUT2D eigenvalue weighted by Crippen LogP contribution is 2.08. The Hall–Kier alpha value is -1.28. The van der Waals surface area contributed by atoms with Crippen LogP contribution in [0.3, 0.4) is 0 Å². The van der Waals surface area contributed by atoms with E-state index >= 15 is 0 Å². The van der Waals surface area contributed by atoms with Crippen molar-refractivity contribution in [3.05, 3.63) is 0 Å². The van der Waals surface area contributed by atoms with Crippen LogP contribution in [0.15, 0.2) is 0 Å². The van der Waals surface area contributed by atoms with E-state index in [2.05, 4.69) is 23.3 Å². The van der Waals surface area contributed by atoms with Gasteiger partial charge in [0.2, 0.25) is 11.8 Å². The van der Waals surface area contributed by atoms with Crippen LogP contribution >= 0.6 is 12.6 Å². The number of aliphatic carboxylic acids is 1. The fraction of sp³-hybridized carbons (Fsp3) is 0.786. The number of thiol groups is 1. The Morgan fingerprint density at radius 1 is 1.09 bits per heavy atom. The van der Waals surface area contributed by atoms with Gasteiger partial charge in [-0.1, -0.05) is 27.7 Å². The van der Waals surface area contributed by atoms with Crippen molar-refractivity contribution in [2.45, 2.75) is 52.2 Å². The van der Waals surface area contributed by atoms with Gasteiger partial charge in [-0.25, -0.2) is 4.79 Å². The quantitative estimate of drug-likeness (QED) is 0.380. The van der Waals surface area contributed by atoms with Crippen LogP contribution in [0.1, 0.15) is 34.1 Å². The summed E-state index contributed by atoms with van der Waals surface area (Å²) in [5.74, 6) is -2.07. The van der Waals surface area contributed by atoms with Crippen molar-refractivity contribution in [1.29, 1.82) is 0 Å². The number of rotatable bonds is 9. The smallest absolute Gasteiger partial charge is 0.326 e. The second kappa shape index (κ2) is 9.68. The Bertz CT molecular complexity index is 402. The summed E-state index contributed by atoms with van der Waals surface area (Å²) in [6, 6.07) is -2.64. The Kier molecular flexibility index (Phi) is 9.12. The maximum Gasteiger partial charge on any atom is 0.326 e. The third kappa shape index (κ3) is 7.13. The number of nitrogens with two attached hydrogens (primary N) is 1. The van der Waals surface area contributed by atoms with Crippen LogP contribution in [-0.2, 0) is 14.4 Å². The van der Waals surface area contributed by atoms with Crippen molar-refractivity contribution < 1.29 is 19.5 Å². The lowest BCUT2D eigenvalue weighted by Crippen LogP contribution is -2.56. The summed E-state index contributed by atoms with van der Waals surface area (Å²) in [6.07, 6.45) is 0.390. The lowest BCUT2D eigenvalue weighted by atomic mass is 10.0. The molecule has 0 radical (unpaired) electrons. The van der Waals surface area contributed by atoms with E-state index in [-0.39, 0.29) is 17.6 Å². The van der Waals surface area contributed by atoms with E-state index in [9.17, 15) is 14.4 Å². The summed E-state index contributed by atoms with van der Waals surface area (Å²) in [5, 5.41) is 14.2. The Labute approximate surface area is 136 Å². The number of carboxylic acid groups (broad SMARTS) is 1. The molecule has 0 aliphatic carbocycles. The first kappa shape index (κ1) is 20.7. The molecule has 22 heavy (non-hydrogen) atoms. The highest BCUT2D eigenvalue weighted by Gasteiger charge is 2.29. The van der Waals surface area contributed by atoms with Gasteiger partial charge < -0.3 is 21.5 Å². The third-order valence-electron chi connectivity index (χ3n) is 3.10. The van der Waals surface area contributed by atoms with Crippen molar-refractivity contribution in [3.8, 4) is 0 Å². The lowest BCUT2D eigenvalue weighted by molar-refractivity contribution is -0.143. The zero-order valence-electron chi connectivity index (χ0n) is 13.5. The van der Waals surface area contributed by atoms with Crippen LogP contribution in [0.25, 0.3) is 0 Å². The van der Waals surface area contributed by atoms with Crippen LogP contribution in [0, 0.1) is 11.8 Å². The number of carbonyl (C=O) groups excluding carboxylic acids is 2. The van der Waals surface area contributed by atoms with E-state index in [1.54, 1.807) is 13.8 Å². The van der Waals surface area contributed by atoms with Crippen LogP contribution in [0.5, 0.6) is 0 Å². The van der Waals surface area contributed by atoms with Crippen molar-refractivity contribution in [2.75, 3.05) is 5.75 Å². The van der Waals surface area contributed by atoms with Crippen LogP contribution in [0.4, 0.5) is 0 Å². The number of carboxylic acids is 1. The fourth-order valence-corrected chi connectivity index (χ4v) is 2.00. The lowest BCUT2D eigenvalue weighted by Gasteiger charge is -2.25. The second-order valence-corrected chi connectivity index (χ2v) is 6.41. The molecule has 0 aromatic heterocycles. The molecule has 8 heteroatoms. The average molecular weight is 333 g/mol. The van der Waals surface area contributed by atoms with Crippen molar-refractivity contribution in [3.63, 3.8) is 0 Å². The van der Waals surface area contributed by atoms with E-state index in [1.165, 1.54) is 0 Å². The van der Waals surface area contributed by atoms with E-state index in [0.29, 0.717) is 6.42 Å². The normalized spacial score (nSPS) is 15.3. The zero-order chi connectivity index (χ0) is 17.4. The molecular formula is C14H27N3O4S. The van der Waals surface area contributed by atoms with E-state index < -0.39 is 35.9 Å².